The normalized spacial score (nSPS) is 14.9. The van der Waals surface area contributed by atoms with Crippen molar-refractivity contribution in [1.29, 1.82) is 0 Å². The maximum atomic E-state index is 13.5. The molecule has 3 aromatic rings. The molecular formula is C27H25N3O4S. The fourth-order valence-corrected chi connectivity index (χ4v) is 4.66. The molecule has 0 saturated carbocycles. The number of amides is 2. The maximum absolute atomic E-state index is 13.5. The van der Waals surface area contributed by atoms with Gasteiger partial charge in [0, 0.05) is 11.4 Å². The molecule has 2 amide bonds. The molecule has 0 atom stereocenters. The van der Waals surface area contributed by atoms with Crippen molar-refractivity contribution in [2.24, 2.45) is 0 Å². The van der Waals surface area contributed by atoms with Crippen molar-refractivity contribution >= 4 is 46.9 Å². The Bertz CT molecular complexity index is 1410. The number of esters is 1. The van der Waals surface area contributed by atoms with Crippen LogP contribution < -0.4 is 10.2 Å². The van der Waals surface area contributed by atoms with Crippen LogP contribution in [0.5, 0.6) is 0 Å². The number of nitrogens with zero attached hydrogens (tertiary/aromatic N) is 2. The third-order valence-electron chi connectivity index (χ3n) is 5.89. The van der Waals surface area contributed by atoms with Gasteiger partial charge < -0.3 is 9.30 Å². The number of anilines is 1. The number of para-hydroxylation sites is 1. The van der Waals surface area contributed by atoms with Gasteiger partial charge in [-0.25, -0.2) is 4.79 Å². The van der Waals surface area contributed by atoms with Gasteiger partial charge in [0.05, 0.1) is 24.0 Å². The summed E-state index contributed by atoms with van der Waals surface area (Å²) < 4.78 is 6.83. The average molecular weight is 488 g/mol. The van der Waals surface area contributed by atoms with Gasteiger partial charge in [0.15, 0.2) is 5.11 Å². The minimum atomic E-state index is -0.555. The van der Waals surface area contributed by atoms with Crippen LogP contribution in [0.1, 0.15) is 38.4 Å². The van der Waals surface area contributed by atoms with Gasteiger partial charge in [-0.1, -0.05) is 18.2 Å². The van der Waals surface area contributed by atoms with Crippen LogP contribution in [0.25, 0.3) is 11.8 Å². The van der Waals surface area contributed by atoms with Crippen LogP contribution in [-0.2, 0) is 14.3 Å². The Morgan fingerprint density at radius 1 is 1.00 bits per heavy atom. The number of carbonyl (C=O) groups excluding carboxylic acids is 3. The second-order valence-corrected chi connectivity index (χ2v) is 8.86. The molecule has 1 aromatic heterocycles. The van der Waals surface area contributed by atoms with Gasteiger partial charge in [0.1, 0.15) is 5.57 Å². The lowest BCUT2D eigenvalue weighted by molar-refractivity contribution is -0.122. The summed E-state index contributed by atoms with van der Waals surface area (Å²) in [6, 6.07) is 14.7. The van der Waals surface area contributed by atoms with Crippen LogP contribution in [0.4, 0.5) is 5.69 Å². The quantitative estimate of drug-likeness (QED) is 0.256. The molecule has 2 aromatic carbocycles. The summed E-state index contributed by atoms with van der Waals surface area (Å²) in [7, 11) is 1.34. The van der Waals surface area contributed by atoms with E-state index < -0.39 is 17.8 Å². The van der Waals surface area contributed by atoms with Crippen molar-refractivity contribution in [2.45, 2.75) is 27.7 Å². The van der Waals surface area contributed by atoms with Gasteiger partial charge in [0.2, 0.25) is 0 Å². The third kappa shape index (κ3) is 4.40. The Hall–Kier alpha value is -4.04. The summed E-state index contributed by atoms with van der Waals surface area (Å²) in [5.74, 6) is -1.50. The van der Waals surface area contributed by atoms with Crippen molar-refractivity contribution < 1.29 is 19.1 Å². The van der Waals surface area contributed by atoms with Crippen molar-refractivity contribution in [3.05, 3.63) is 87.7 Å². The standard InChI is InChI=1S/C27H25N3O4S/c1-15-10-16(2)12-20(11-15)30-25(32)22(24(31)28-27(30)35)14-19-13-17(3)29(18(19)4)23-9-7-6-8-21(23)26(33)34-5/h6-14H,1-5H3,(H,28,31,35). The van der Waals surface area contributed by atoms with E-state index in [1.54, 1.807) is 18.2 Å². The lowest BCUT2D eigenvalue weighted by atomic mass is 10.1. The van der Waals surface area contributed by atoms with Crippen molar-refractivity contribution in [3.8, 4) is 5.69 Å². The summed E-state index contributed by atoms with van der Waals surface area (Å²) in [6.07, 6.45) is 1.56. The van der Waals surface area contributed by atoms with Gasteiger partial charge in [-0.15, -0.1) is 0 Å². The first-order valence-electron chi connectivity index (χ1n) is 11.0. The van der Waals surface area contributed by atoms with Crippen molar-refractivity contribution in [1.82, 2.24) is 9.88 Å². The molecule has 4 rings (SSSR count). The molecule has 8 heteroatoms. The van der Waals surface area contributed by atoms with Gasteiger partial charge in [-0.3, -0.25) is 19.8 Å². The molecule has 1 aliphatic heterocycles. The predicted octanol–water partition coefficient (Wildman–Crippen LogP) is 4.33. The summed E-state index contributed by atoms with van der Waals surface area (Å²) in [6.45, 7) is 7.63. The fraction of sp³-hybridized carbons (Fsp3) is 0.185. The zero-order valence-electron chi connectivity index (χ0n) is 20.1. The number of hydrogen-bond donors (Lipinski definition) is 1. The molecule has 1 aliphatic rings. The highest BCUT2D eigenvalue weighted by Gasteiger charge is 2.35. The van der Waals surface area contributed by atoms with Gasteiger partial charge in [-0.05, 0) is 93.0 Å². The van der Waals surface area contributed by atoms with Crippen LogP contribution in [-0.4, -0.2) is 34.6 Å². The first-order valence-corrected chi connectivity index (χ1v) is 11.4. The molecule has 0 aliphatic carbocycles. The zero-order valence-corrected chi connectivity index (χ0v) is 20.9. The number of hydrogen-bond acceptors (Lipinski definition) is 5. The number of benzene rings is 2. The van der Waals surface area contributed by atoms with Gasteiger partial charge in [-0.2, -0.15) is 0 Å². The predicted molar refractivity (Wildman–Crippen MR) is 139 cm³/mol. The number of ether oxygens (including phenoxy) is 1. The second-order valence-electron chi connectivity index (χ2n) is 8.47. The van der Waals surface area contributed by atoms with E-state index in [-0.39, 0.29) is 10.7 Å². The Morgan fingerprint density at radius 3 is 2.31 bits per heavy atom. The van der Waals surface area contributed by atoms with E-state index >= 15 is 0 Å². The Balaban J connectivity index is 1.80. The monoisotopic (exact) mass is 487 g/mol. The number of nitrogens with one attached hydrogen (secondary N) is 1. The van der Waals surface area contributed by atoms with Crippen LogP contribution in [0.3, 0.4) is 0 Å². The van der Waals surface area contributed by atoms with E-state index in [1.807, 2.05) is 68.7 Å². The average Bonchev–Trinajstić information content (AvgIpc) is 3.07. The van der Waals surface area contributed by atoms with E-state index in [0.717, 1.165) is 22.5 Å². The van der Waals surface area contributed by atoms with E-state index in [4.69, 9.17) is 17.0 Å². The maximum Gasteiger partial charge on any atom is 0.339 e. The van der Waals surface area contributed by atoms with Gasteiger partial charge in [0.25, 0.3) is 11.8 Å². The van der Waals surface area contributed by atoms with Crippen LogP contribution in [0.2, 0.25) is 0 Å². The van der Waals surface area contributed by atoms with Crippen LogP contribution in [0.15, 0.2) is 54.1 Å². The van der Waals surface area contributed by atoms with Crippen molar-refractivity contribution in [2.75, 3.05) is 12.0 Å². The molecule has 1 saturated heterocycles. The first kappa shape index (κ1) is 24.1. The van der Waals surface area contributed by atoms with Crippen LogP contribution in [0, 0.1) is 27.7 Å². The molecule has 0 spiro atoms. The highest BCUT2D eigenvalue weighted by atomic mass is 32.1. The smallest absolute Gasteiger partial charge is 0.339 e. The third-order valence-corrected chi connectivity index (χ3v) is 6.17. The Labute approximate surface area is 209 Å². The second kappa shape index (κ2) is 9.31. The molecule has 1 fully saturated rings. The summed E-state index contributed by atoms with van der Waals surface area (Å²) in [5, 5.41) is 2.67. The minimum absolute atomic E-state index is 0.0285. The summed E-state index contributed by atoms with van der Waals surface area (Å²) in [4.78, 5) is 39.9. The Kier molecular flexibility index (Phi) is 6.41. The summed E-state index contributed by atoms with van der Waals surface area (Å²) >= 11 is 5.33. The molecule has 0 unspecified atom stereocenters. The van der Waals surface area contributed by atoms with E-state index in [2.05, 4.69) is 5.32 Å². The number of carbonyl (C=O) groups is 3. The molecule has 7 nitrogen and oxygen atoms in total. The number of methoxy groups -OCH3 is 1. The van der Waals surface area contributed by atoms with Crippen LogP contribution >= 0.6 is 12.2 Å². The number of aromatic nitrogens is 1. The lowest BCUT2D eigenvalue weighted by Crippen LogP contribution is -2.54. The van der Waals surface area contributed by atoms with E-state index in [9.17, 15) is 14.4 Å². The fourth-order valence-electron chi connectivity index (χ4n) is 4.38. The molecule has 35 heavy (non-hydrogen) atoms. The molecule has 0 bridgehead atoms. The number of aryl methyl sites for hydroxylation is 3. The molecule has 0 radical (unpaired) electrons. The van der Waals surface area contributed by atoms with Crippen molar-refractivity contribution in [3.63, 3.8) is 0 Å². The minimum Gasteiger partial charge on any atom is -0.465 e. The Morgan fingerprint density at radius 2 is 1.66 bits per heavy atom. The molecule has 1 N–H and O–H groups in total. The van der Waals surface area contributed by atoms with E-state index in [0.29, 0.717) is 22.5 Å². The van der Waals surface area contributed by atoms with Gasteiger partial charge >= 0.3 is 5.97 Å². The SMILES string of the molecule is COC(=O)c1ccccc1-n1c(C)cc(C=C2C(=O)NC(=S)N(c3cc(C)cc(C)c3)C2=O)c1C. The molecule has 178 valence electrons. The zero-order chi connectivity index (χ0) is 25.4. The summed E-state index contributed by atoms with van der Waals surface area (Å²) in [5.41, 5.74) is 5.85. The highest BCUT2D eigenvalue weighted by molar-refractivity contribution is 7.80. The largest absolute Gasteiger partial charge is 0.465 e. The lowest BCUT2D eigenvalue weighted by Gasteiger charge is -2.29. The first-order chi connectivity index (χ1) is 16.6. The molecular weight excluding hydrogens is 462 g/mol. The molecule has 2 heterocycles. The topological polar surface area (TPSA) is 80.6 Å². The highest BCUT2D eigenvalue weighted by Crippen LogP contribution is 2.28. The number of rotatable bonds is 4. The van der Waals surface area contributed by atoms with E-state index in [1.165, 1.54) is 12.0 Å². The number of thiocarbonyl (C=S) groups is 1.